The fourth-order valence-corrected chi connectivity index (χ4v) is 10.3. The molecule has 6 atom stereocenters. The van der Waals surface area contributed by atoms with Gasteiger partial charge in [-0.15, -0.1) is 0 Å². The Morgan fingerprint density at radius 3 is 2.42 bits per heavy atom. The highest BCUT2D eigenvalue weighted by molar-refractivity contribution is 6.07. The molecular formula is C48H58N8O8. The molecular weight excluding hydrogens is 817 g/mol. The summed E-state index contributed by atoms with van der Waals surface area (Å²) >= 11 is 0. The number of carbonyl (C=O) groups is 4. The molecule has 6 heterocycles. The quantitative estimate of drug-likeness (QED) is 0.109. The molecule has 4 amide bonds. The number of alkyl carbamates (subject to hydrolysis) is 2. The number of aromatic nitrogens is 4. The second-order valence-electron chi connectivity index (χ2n) is 18.1. The number of likely N-dealkylation sites (tertiary alicyclic amines) is 2. The molecule has 9 rings (SSSR count). The van der Waals surface area contributed by atoms with Gasteiger partial charge in [0.1, 0.15) is 36.1 Å². The molecule has 0 aliphatic carbocycles. The van der Waals surface area contributed by atoms with E-state index in [4.69, 9.17) is 28.9 Å². The fourth-order valence-electron chi connectivity index (χ4n) is 10.3. The van der Waals surface area contributed by atoms with E-state index in [1.165, 1.54) is 14.2 Å². The van der Waals surface area contributed by atoms with Gasteiger partial charge in [-0.1, -0.05) is 45.4 Å². The van der Waals surface area contributed by atoms with Gasteiger partial charge in [-0.3, -0.25) is 9.59 Å². The maximum absolute atomic E-state index is 14.4. The number of carbonyl (C=O) groups excluding carboxylic acids is 4. The van der Waals surface area contributed by atoms with Gasteiger partial charge in [0.2, 0.25) is 11.8 Å². The van der Waals surface area contributed by atoms with Crippen molar-refractivity contribution in [2.75, 3.05) is 34.0 Å². The zero-order valence-corrected chi connectivity index (χ0v) is 37.4. The van der Waals surface area contributed by atoms with Gasteiger partial charge >= 0.3 is 12.2 Å². The molecule has 2 aromatic heterocycles. The van der Waals surface area contributed by atoms with Crippen LogP contribution in [-0.2, 0) is 30.4 Å². The van der Waals surface area contributed by atoms with Crippen LogP contribution >= 0.6 is 0 Å². The summed E-state index contributed by atoms with van der Waals surface area (Å²) in [6.07, 6.45) is 5.19. The second kappa shape index (κ2) is 17.8. The summed E-state index contributed by atoms with van der Waals surface area (Å²) in [7, 11) is 2.61. The molecule has 0 radical (unpaired) electrons. The maximum Gasteiger partial charge on any atom is 0.407 e. The number of nitrogens with zero attached hydrogens (tertiary/aromatic N) is 4. The van der Waals surface area contributed by atoms with Crippen LogP contribution in [0, 0.1) is 17.8 Å². The zero-order chi connectivity index (χ0) is 44.8. The van der Waals surface area contributed by atoms with Crippen LogP contribution in [0.2, 0.25) is 0 Å². The molecule has 4 aliphatic rings. The van der Waals surface area contributed by atoms with Crippen LogP contribution < -0.4 is 15.4 Å². The molecule has 0 bridgehead atoms. The molecule has 0 saturated carbocycles. The van der Waals surface area contributed by atoms with Crippen LogP contribution in [0.5, 0.6) is 5.75 Å². The lowest BCUT2D eigenvalue weighted by atomic mass is 9.90. The Hall–Kier alpha value is -6.16. The number of imidazole rings is 2. The van der Waals surface area contributed by atoms with E-state index in [1.54, 1.807) is 0 Å². The number of nitrogens with one attached hydrogen (secondary N) is 4. The Balaban J connectivity index is 0.970. The summed E-state index contributed by atoms with van der Waals surface area (Å²) in [5.74, 6) is 2.05. The van der Waals surface area contributed by atoms with Crippen LogP contribution in [0.1, 0.15) is 95.5 Å². The number of rotatable bonds is 10. The van der Waals surface area contributed by atoms with E-state index in [-0.39, 0.29) is 41.8 Å². The van der Waals surface area contributed by atoms with Crippen LogP contribution in [0.3, 0.4) is 0 Å². The highest BCUT2D eigenvalue weighted by atomic mass is 16.5. The fraction of sp³-hybridized carbons (Fsp3) is 0.500. The van der Waals surface area contributed by atoms with Crippen LogP contribution in [0.4, 0.5) is 9.59 Å². The first kappa shape index (κ1) is 43.1. The lowest BCUT2D eigenvalue weighted by Crippen LogP contribution is -2.53. The van der Waals surface area contributed by atoms with Crippen molar-refractivity contribution in [2.45, 2.75) is 103 Å². The zero-order valence-electron chi connectivity index (χ0n) is 37.4. The average molecular weight is 875 g/mol. The summed E-state index contributed by atoms with van der Waals surface area (Å²) in [6.45, 7) is 10.0. The van der Waals surface area contributed by atoms with Crippen LogP contribution in [0.25, 0.3) is 44.2 Å². The molecule has 64 heavy (non-hydrogen) atoms. The summed E-state index contributed by atoms with van der Waals surface area (Å²) in [5, 5.41) is 7.56. The van der Waals surface area contributed by atoms with Crippen molar-refractivity contribution in [3.63, 3.8) is 0 Å². The molecule has 4 N–H and O–H groups in total. The minimum atomic E-state index is -0.720. The van der Waals surface area contributed by atoms with E-state index in [9.17, 15) is 19.2 Å². The first-order valence-electron chi connectivity index (χ1n) is 22.6. The second-order valence-corrected chi connectivity index (χ2v) is 18.1. The average Bonchev–Trinajstić information content (AvgIpc) is 4.14. The van der Waals surface area contributed by atoms with Gasteiger partial charge in [0, 0.05) is 36.8 Å². The number of hydrogen-bond donors (Lipinski definition) is 4. The molecule has 4 aliphatic heterocycles. The maximum atomic E-state index is 14.4. The van der Waals surface area contributed by atoms with E-state index in [2.05, 4.69) is 63.9 Å². The van der Waals surface area contributed by atoms with Crippen molar-refractivity contribution in [1.29, 1.82) is 0 Å². The summed E-state index contributed by atoms with van der Waals surface area (Å²) in [4.78, 5) is 73.8. The van der Waals surface area contributed by atoms with E-state index >= 15 is 0 Å². The number of H-pyrrole nitrogens is 2. The predicted molar refractivity (Wildman–Crippen MR) is 239 cm³/mol. The van der Waals surface area contributed by atoms with Crippen LogP contribution in [-0.4, -0.2) is 106 Å². The Labute approximate surface area is 372 Å². The van der Waals surface area contributed by atoms with Crippen molar-refractivity contribution in [2.24, 2.45) is 17.8 Å². The van der Waals surface area contributed by atoms with Crippen molar-refractivity contribution < 1.29 is 38.1 Å². The number of ether oxygens (including phenoxy) is 4. The molecule has 5 aromatic rings. The Morgan fingerprint density at radius 1 is 0.891 bits per heavy atom. The third kappa shape index (κ3) is 8.01. The van der Waals surface area contributed by atoms with E-state index in [0.717, 1.165) is 87.0 Å². The van der Waals surface area contributed by atoms with Gasteiger partial charge in [0.05, 0.1) is 49.2 Å². The topological polar surface area (TPSA) is 193 Å². The number of fused-ring (bicyclic) bond motifs is 6. The summed E-state index contributed by atoms with van der Waals surface area (Å²) < 4.78 is 21.8. The van der Waals surface area contributed by atoms with Gasteiger partial charge in [0.15, 0.2) is 0 Å². The Bertz CT molecular complexity index is 2580. The van der Waals surface area contributed by atoms with E-state index in [1.807, 2.05) is 42.8 Å². The highest BCUT2D eigenvalue weighted by Gasteiger charge is 2.44. The largest absolute Gasteiger partial charge is 0.488 e. The molecule has 16 heteroatoms. The number of hydrogen-bond acceptors (Lipinski definition) is 10. The van der Waals surface area contributed by atoms with E-state index < -0.39 is 24.3 Å². The van der Waals surface area contributed by atoms with Gasteiger partial charge in [0.25, 0.3) is 0 Å². The molecule has 16 nitrogen and oxygen atoms in total. The van der Waals surface area contributed by atoms with Crippen molar-refractivity contribution >= 4 is 45.8 Å². The summed E-state index contributed by atoms with van der Waals surface area (Å²) in [6, 6.07) is 12.7. The minimum Gasteiger partial charge on any atom is -0.488 e. The minimum absolute atomic E-state index is 0.0182. The predicted octanol–water partition coefficient (Wildman–Crippen LogP) is 7.55. The monoisotopic (exact) mass is 874 g/mol. The van der Waals surface area contributed by atoms with E-state index in [0.29, 0.717) is 50.9 Å². The number of methoxy groups -OCH3 is 2. The molecule has 0 spiro atoms. The van der Waals surface area contributed by atoms with Gasteiger partial charge in [-0.25, -0.2) is 19.6 Å². The smallest absolute Gasteiger partial charge is 0.407 e. The highest BCUT2D eigenvalue weighted by Crippen LogP contribution is 2.44. The first-order valence-corrected chi connectivity index (χ1v) is 22.6. The normalized spacial score (nSPS) is 21.9. The molecule has 3 aromatic carbocycles. The third-order valence-electron chi connectivity index (χ3n) is 13.9. The third-order valence-corrected chi connectivity index (χ3v) is 13.9. The molecule has 3 fully saturated rings. The molecule has 6 unspecified atom stereocenters. The lowest BCUT2D eigenvalue weighted by Gasteiger charge is -2.34. The standard InChI is InChI=1S/C48H58N8O8/c1-7-27-18-38(55(23-27)45(57)41(54-48(60)62-6)28-14-16-63-17-15-28)44-50-35-12-10-29-20-34-32-11-9-30(19-31(32)24-64-39(34)21-33(29)42(35)52-44)36-22-49-43(51-36)37-13-8-26(4)56(37)46(58)40(25(2)3)53-47(59)61-5/h9-12,19-22,25-28,37-38,40-41H,7-8,13-18,23-24H2,1-6H3,(H,49,51)(H,50,52)(H,53,59)(H,54,60). The van der Waals surface area contributed by atoms with Gasteiger partial charge in [-0.2, -0.15) is 0 Å². The van der Waals surface area contributed by atoms with Gasteiger partial charge in [-0.05, 0) is 103 Å². The first-order chi connectivity index (χ1) is 31.0. The number of benzene rings is 3. The Morgan fingerprint density at radius 2 is 1.67 bits per heavy atom. The number of amides is 4. The summed E-state index contributed by atoms with van der Waals surface area (Å²) in [5.41, 5.74) is 6.60. The van der Waals surface area contributed by atoms with Crippen molar-refractivity contribution in [1.82, 2.24) is 40.4 Å². The molecule has 3 saturated heterocycles. The SMILES string of the molecule is CCC1CC(c2nc3c(ccc4cc5c(cc43)OCc3cc(-c4cnc(C6CCC(C)N6C(=O)C(NC(=O)OC)C(C)C)[nH]4)ccc3-5)[nH]2)N(C(=O)C(NC(=O)OC)C2CCOCC2)C1. The molecule has 338 valence electrons. The van der Waals surface area contributed by atoms with Crippen molar-refractivity contribution in [3.05, 3.63) is 65.9 Å². The lowest BCUT2D eigenvalue weighted by molar-refractivity contribution is -0.138. The van der Waals surface area contributed by atoms with Crippen molar-refractivity contribution in [3.8, 4) is 28.1 Å². The van der Waals surface area contributed by atoms with Crippen LogP contribution in [0.15, 0.2) is 48.7 Å². The van der Waals surface area contributed by atoms with Gasteiger partial charge < -0.3 is 49.3 Å². The Kier molecular flexibility index (Phi) is 12.0. The number of aromatic amines is 2.